The summed E-state index contributed by atoms with van der Waals surface area (Å²) >= 11 is 0. The van der Waals surface area contributed by atoms with Gasteiger partial charge in [0.05, 0.1) is 11.3 Å². The summed E-state index contributed by atoms with van der Waals surface area (Å²) in [6.07, 6.45) is 1.92. The predicted octanol–water partition coefficient (Wildman–Crippen LogP) is 1.30. The van der Waals surface area contributed by atoms with Gasteiger partial charge in [0.2, 0.25) is 0 Å². The van der Waals surface area contributed by atoms with Crippen molar-refractivity contribution in [3.63, 3.8) is 0 Å². The number of nitriles is 1. The van der Waals surface area contributed by atoms with Gasteiger partial charge in [-0.15, -0.1) is 0 Å². The molecular weight excluding hydrogens is 168 g/mol. The normalized spacial score (nSPS) is 8.92. The number of hydrogen-bond acceptors (Lipinski definition) is 3. The molecule has 0 amide bonds. The monoisotopic (exact) mass is 176 g/mol. The lowest BCUT2D eigenvalue weighted by Crippen LogP contribution is -2.08. The molecule has 0 bridgehead atoms. The summed E-state index contributed by atoms with van der Waals surface area (Å²) < 4.78 is 0. The molecule has 1 N–H and O–H groups in total. The number of carbonyl (C=O) groups is 1. The number of carboxylic acids is 1. The van der Waals surface area contributed by atoms with Crippen molar-refractivity contribution >= 4 is 11.7 Å². The molecule has 0 radical (unpaired) electrons. The summed E-state index contributed by atoms with van der Waals surface area (Å²) in [5.74, 6) is -0.967. The van der Waals surface area contributed by atoms with E-state index in [1.54, 1.807) is 19.2 Å². The molecule has 4 heteroatoms. The summed E-state index contributed by atoms with van der Waals surface area (Å²) in [5.41, 5.74) is 0.891. The van der Waals surface area contributed by atoms with Gasteiger partial charge < -0.3 is 5.11 Å². The van der Waals surface area contributed by atoms with E-state index in [2.05, 4.69) is 0 Å². The first-order chi connectivity index (χ1) is 6.15. The quantitative estimate of drug-likeness (QED) is 0.545. The van der Waals surface area contributed by atoms with Crippen molar-refractivity contribution in [2.45, 2.75) is 0 Å². The highest BCUT2D eigenvalue weighted by molar-refractivity contribution is 5.88. The molecule has 0 saturated heterocycles. The number of carboxylic acid groups (broad SMARTS) is 1. The molecular formula is C9H8N2O2. The van der Waals surface area contributed by atoms with Crippen molar-refractivity contribution in [3.05, 3.63) is 29.8 Å². The smallest absolute Gasteiger partial charge is 0.335 e. The van der Waals surface area contributed by atoms with E-state index >= 15 is 0 Å². The minimum Gasteiger partial charge on any atom is -0.478 e. The van der Waals surface area contributed by atoms with Gasteiger partial charge in [0.25, 0.3) is 0 Å². The molecule has 4 nitrogen and oxygen atoms in total. The first-order valence-electron chi connectivity index (χ1n) is 3.62. The van der Waals surface area contributed by atoms with E-state index in [9.17, 15) is 4.79 Å². The maximum atomic E-state index is 10.5. The Morgan fingerprint density at radius 1 is 1.46 bits per heavy atom. The fourth-order valence-electron chi connectivity index (χ4n) is 0.885. The van der Waals surface area contributed by atoms with Crippen LogP contribution in [0.2, 0.25) is 0 Å². The Morgan fingerprint density at radius 2 is 2.00 bits per heavy atom. The lowest BCUT2D eigenvalue weighted by molar-refractivity contribution is 0.0697. The molecule has 0 aliphatic heterocycles. The molecule has 0 saturated carbocycles. The summed E-state index contributed by atoms with van der Waals surface area (Å²) in [7, 11) is 1.61. The first-order valence-corrected chi connectivity index (χ1v) is 3.62. The van der Waals surface area contributed by atoms with Gasteiger partial charge in [0.15, 0.2) is 6.19 Å². The van der Waals surface area contributed by atoms with Gasteiger partial charge in [-0.2, -0.15) is 5.26 Å². The van der Waals surface area contributed by atoms with E-state index < -0.39 is 5.97 Å². The van der Waals surface area contributed by atoms with Crippen LogP contribution < -0.4 is 4.90 Å². The number of nitrogens with zero attached hydrogens (tertiary/aromatic N) is 2. The fraction of sp³-hybridized carbons (Fsp3) is 0.111. The van der Waals surface area contributed by atoms with E-state index in [1.165, 1.54) is 17.0 Å². The van der Waals surface area contributed by atoms with Crippen molar-refractivity contribution in [1.82, 2.24) is 0 Å². The molecule has 66 valence electrons. The van der Waals surface area contributed by atoms with Crippen LogP contribution in [0.3, 0.4) is 0 Å². The Kier molecular flexibility index (Phi) is 2.50. The van der Waals surface area contributed by atoms with Crippen molar-refractivity contribution in [2.24, 2.45) is 0 Å². The maximum absolute atomic E-state index is 10.5. The first kappa shape index (κ1) is 9.07. The van der Waals surface area contributed by atoms with Gasteiger partial charge in [-0.25, -0.2) is 4.79 Å². The number of aromatic carboxylic acids is 1. The minimum atomic E-state index is -0.967. The lowest BCUT2D eigenvalue weighted by Gasteiger charge is -2.07. The Morgan fingerprint density at radius 3 is 2.38 bits per heavy atom. The summed E-state index contributed by atoms with van der Waals surface area (Å²) in [5, 5.41) is 17.1. The Bertz CT molecular complexity index is 351. The third kappa shape index (κ3) is 1.97. The standard InChI is InChI=1S/C9H8N2O2/c1-11(6-10)8-4-2-7(3-5-8)9(12)13/h2-5H,1H3,(H,12,13). The molecule has 1 aromatic carbocycles. The van der Waals surface area contributed by atoms with Crippen LogP contribution in [0.5, 0.6) is 0 Å². The molecule has 13 heavy (non-hydrogen) atoms. The molecule has 0 heterocycles. The van der Waals surface area contributed by atoms with Gasteiger partial charge in [0.1, 0.15) is 0 Å². The van der Waals surface area contributed by atoms with E-state index in [-0.39, 0.29) is 5.56 Å². The number of hydrogen-bond donors (Lipinski definition) is 1. The molecule has 0 atom stereocenters. The molecule has 0 unspecified atom stereocenters. The van der Waals surface area contributed by atoms with Crippen LogP contribution in [0, 0.1) is 11.5 Å². The van der Waals surface area contributed by atoms with Gasteiger partial charge in [-0.3, -0.25) is 4.90 Å². The average Bonchev–Trinajstić information content (AvgIpc) is 2.17. The summed E-state index contributed by atoms with van der Waals surface area (Å²) in [4.78, 5) is 11.8. The van der Waals surface area contributed by atoms with Crippen molar-refractivity contribution in [3.8, 4) is 6.19 Å². The Balaban J connectivity index is 2.95. The largest absolute Gasteiger partial charge is 0.478 e. The molecule has 0 aromatic heterocycles. The third-order valence-corrected chi connectivity index (χ3v) is 1.65. The SMILES string of the molecule is CN(C#N)c1ccc(C(=O)O)cc1. The van der Waals surface area contributed by atoms with Gasteiger partial charge in [0, 0.05) is 7.05 Å². The average molecular weight is 176 g/mol. The molecule has 1 rings (SSSR count). The molecule has 0 spiro atoms. The van der Waals surface area contributed by atoms with Crippen LogP contribution in [-0.2, 0) is 0 Å². The van der Waals surface area contributed by atoms with Crippen LogP contribution >= 0.6 is 0 Å². The van der Waals surface area contributed by atoms with Crippen LogP contribution in [0.1, 0.15) is 10.4 Å². The highest BCUT2D eigenvalue weighted by Gasteiger charge is 2.03. The van der Waals surface area contributed by atoms with Crippen molar-refractivity contribution in [1.29, 1.82) is 5.26 Å². The Labute approximate surface area is 75.6 Å². The zero-order chi connectivity index (χ0) is 9.84. The lowest BCUT2D eigenvalue weighted by atomic mass is 10.2. The van der Waals surface area contributed by atoms with Crippen molar-refractivity contribution in [2.75, 3.05) is 11.9 Å². The van der Waals surface area contributed by atoms with E-state index in [4.69, 9.17) is 10.4 Å². The second kappa shape index (κ2) is 3.59. The van der Waals surface area contributed by atoms with Gasteiger partial charge in [-0.05, 0) is 24.3 Å². The molecule has 1 aromatic rings. The predicted molar refractivity (Wildman–Crippen MR) is 47.4 cm³/mol. The van der Waals surface area contributed by atoms with Gasteiger partial charge in [-0.1, -0.05) is 0 Å². The highest BCUT2D eigenvalue weighted by Crippen LogP contribution is 2.12. The van der Waals surface area contributed by atoms with Gasteiger partial charge >= 0.3 is 5.97 Å². The zero-order valence-corrected chi connectivity index (χ0v) is 7.06. The number of benzene rings is 1. The zero-order valence-electron chi connectivity index (χ0n) is 7.06. The van der Waals surface area contributed by atoms with Crippen LogP contribution in [-0.4, -0.2) is 18.1 Å². The summed E-state index contributed by atoms with van der Waals surface area (Å²) in [6.45, 7) is 0. The fourth-order valence-corrected chi connectivity index (χ4v) is 0.885. The van der Waals surface area contributed by atoms with E-state index in [0.717, 1.165) is 0 Å². The van der Waals surface area contributed by atoms with E-state index in [1.807, 2.05) is 6.19 Å². The topological polar surface area (TPSA) is 64.3 Å². The molecule has 0 aliphatic carbocycles. The molecule has 0 fully saturated rings. The second-order valence-electron chi connectivity index (χ2n) is 2.51. The van der Waals surface area contributed by atoms with Crippen LogP contribution in [0.4, 0.5) is 5.69 Å². The van der Waals surface area contributed by atoms with Crippen LogP contribution in [0.25, 0.3) is 0 Å². The number of anilines is 1. The highest BCUT2D eigenvalue weighted by atomic mass is 16.4. The Hall–Kier alpha value is -2.02. The van der Waals surface area contributed by atoms with Crippen LogP contribution in [0.15, 0.2) is 24.3 Å². The summed E-state index contributed by atoms with van der Waals surface area (Å²) in [6, 6.07) is 6.11. The second-order valence-corrected chi connectivity index (χ2v) is 2.51. The van der Waals surface area contributed by atoms with Crippen molar-refractivity contribution < 1.29 is 9.90 Å². The third-order valence-electron chi connectivity index (χ3n) is 1.65. The minimum absolute atomic E-state index is 0.218. The van der Waals surface area contributed by atoms with E-state index in [0.29, 0.717) is 5.69 Å². The molecule has 0 aliphatic rings. The number of rotatable bonds is 2. The maximum Gasteiger partial charge on any atom is 0.335 e.